The highest BCUT2D eigenvalue weighted by molar-refractivity contribution is 6.30. The van der Waals surface area contributed by atoms with Crippen molar-refractivity contribution in [2.24, 2.45) is 5.73 Å². The molecule has 0 aliphatic heterocycles. The van der Waals surface area contributed by atoms with Crippen molar-refractivity contribution in [3.05, 3.63) is 45.3 Å². The second kappa shape index (κ2) is 5.86. The van der Waals surface area contributed by atoms with Gasteiger partial charge in [0, 0.05) is 23.2 Å². The highest BCUT2D eigenvalue weighted by atomic mass is 35.5. The fourth-order valence-corrected chi connectivity index (χ4v) is 1.93. The van der Waals surface area contributed by atoms with E-state index in [9.17, 15) is 4.79 Å². The maximum Gasteiger partial charge on any atom is 0.251 e. The highest BCUT2D eigenvalue weighted by Crippen LogP contribution is 2.29. The molecule has 1 aromatic carbocycles. The monoisotopic (exact) mass is 279 g/mol. The normalized spacial score (nSPS) is 10.5. The Morgan fingerprint density at radius 3 is 2.89 bits per heavy atom. The van der Waals surface area contributed by atoms with E-state index in [0.717, 1.165) is 0 Å². The molecule has 0 unspecified atom stereocenters. The summed E-state index contributed by atoms with van der Waals surface area (Å²) < 4.78 is 5.25. The molecule has 0 spiro atoms. The van der Waals surface area contributed by atoms with E-state index in [-0.39, 0.29) is 5.56 Å². The van der Waals surface area contributed by atoms with E-state index in [1.165, 1.54) is 13.2 Å². The molecule has 1 heterocycles. The zero-order chi connectivity index (χ0) is 13.8. The van der Waals surface area contributed by atoms with Crippen molar-refractivity contribution >= 4 is 11.6 Å². The lowest BCUT2D eigenvalue weighted by Gasteiger charge is -2.09. The van der Waals surface area contributed by atoms with Crippen LogP contribution in [-0.4, -0.2) is 23.6 Å². The molecule has 1 aromatic heterocycles. The number of nitrogens with zero attached hydrogens (tertiary/aromatic N) is 1. The van der Waals surface area contributed by atoms with Crippen molar-refractivity contribution in [1.29, 1.82) is 0 Å². The van der Waals surface area contributed by atoms with Gasteiger partial charge in [-0.2, -0.15) is 0 Å². The van der Waals surface area contributed by atoms with Crippen LogP contribution in [0.15, 0.2) is 29.1 Å². The van der Waals surface area contributed by atoms with Gasteiger partial charge in [-0.3, -0.25) is 4.79 Å². The second-order valence-electron chi connectivity index (χ2n) is 3.97. The Labute approximate surface area is 115 Å². The van der Waals surface area contributed by atoms with Crippen molar-refractivity contribution in [2.45, 2.75) is 6.42 Å². The van der Waals surface area contributed by atoms with Gasteiger partial charge in [-0.05, 0) is 24.7 Å². The number of hydrogen-bond acceptors (Lipinski definition) is 4. The minimum Gasteiger partial charge on any atom is -0.496 e. The summed E-state index contributed by atoms with van der Waals surface area (Å²) >= 11 is 5.91. The molecular weight excluding hydrogens is 266 g/mol. The first-order valence-corrected chi connectivity index (χ1v) is 6.16. The summed E-state index contributed by atoms with van der Waals surface area (Å²) in [6, 6.07) is 6.59. The van der Waals surface area contributed by atoms with Gasteiger partial charge in [0.05, 0.1) is 12.7 Å². The Morgan fingerprint density at radius 2 is 2.21 bits per heavy atom. The van der Waals surface area contributed by atoms with Crippen LogP contribution in [0.2, 0.25) is 5.02 Å². The van der Waals surface area contributed by atoms with Gasteiger partial charge in [0.2, 0.25) is 0 Å². The smallest absolute Gasteiger partial charge is 0.251 e. The molecule has 0 saturated carbocycles. The van der Waals surface area contributed by atoms with Crippen molar-refractivity contribution in [3.63, 3.8) is 0 Å². The lowest BCUT2D eigenvalue weighted by atomic mass is 10.1. The molecule has 0 aliphatic carbocycles. The fraction of sp³-hybridized carbons (Fsp3) is 0.231. The van der Waals surface area contributed by atoms with Crippen molar-refractivity contribution < 1.29 is 4.74 Å². The lowest BCUT2D eigenvalue weighted by molar-refractivity contribution is 0.416. The molecule has 2 rings (SSSR count). The molecule has 0 atom stereocenters. The van der Waals surface area contributed by atoms with Gasteiger partial charge < -0.3 is 15.5 Å². The standard InChI is InChI=1S/C13H14ClN3O2/c1-19-11-6-8(14)2-3-10(11)13-16-9(4-5-15)7-12(18)17-13/h2-3,6-7H,4-5,15H2,1H3,(H,16,17,18). The first-order valence-electron chi connectivity index (χ1n) is 5.78. The van der Waals surface area contributed by atoms with Gasteiger partial charge in [-0.25, -0.2) is 4.98 Å². The van der Waals surface area contributed by atoms with Gasteiger partial charge in [0.1, 0.15) is 11.6 Å². The molecule has 3 N–H and O–H groups in total. The highest BCUT2D eigenvalue weighted by Gasteiger charge is 2.10. The number of aromatic amines is 1. The summed E-state index contributed by atoms with van der Waals surface area (Å²) in [6.07, 6.45) is 0.548. The summed E-state index contributed by atoms with van der Waals surface area (Å²) in [7, 11) is 1.54. The molecule has 0 fully saturated rings. The third-order valence-electron chi connectivity index (χ3n) is 2.61. The summed E-state index contributed by atoms with van der Waals surface area (Å²) in [6.45, 7) is 0.438. The summed E-state index contributed by atoms with van der Waals surface area (Å²) in [5.41, 5.74) is 6.60. The van der Waals surface area contributed by atoms with Crippen LogP contribution in [0.4, 0.5) is 0 Å². The van der Waals surface area contributed by atoms with Gasteiger partial charge in [0.15, 0.2) is 0 Å². The number of nitrogens with two attached hydrogens (primary N) is 1. The third-order valence-corrected chi connectivity index (χ3v) is 2.85. The van der Waals surface area contributed by atoms with E-state index in [1.54, 1.807) is 18.2 Å². The van der Waals surface area contributed by atoms with Crippen molar-refractivity contribution in [2.75, 3.05) is 13.7 Å². The average Bonchev–Trinajstić information content (AvgIpc) is 2.38. The van der Waals surface area contributed by atoms with E-state index in [0.29, 0.717) is 40.8 Å². The van der Waals surface area contributed by atoms with Crippen LogP contribution >= 0.6 is 11.6 Å². The zero-order valence-corrected chi connectivity index (χ0v) is 11.2. The van der Waals surface area contributed by atoms with Crippen LogP contribution < -0.4 is 16.0 Å². The van der Waals surface area contributed by atoms with Gasteiger partial charge in [-0.15, -0.1) is 0 Å². The molecule has 19 heavy (non-hydrogen) atoms. The predicted octanol–water partition coefficient (Wildman–Crippen LogP) is 1.60. The Balaban J connectivity index is 2.55. The number of benzene rings is 1. The third kappa shape index (κ3) is 3.13. The van der Waals surface area contributed by atoms with Crippen LogP contribution in [0, 0.1) is 0 Å². The Kier molecular flexibility index (Phi) is 4.19. The number of rotatable bonds is 4. The zero-order valence-electron chi connectivity index (χ0n) is 10.4. The van der Waals surface area contributed by atoms with Gasteiger partial charge in [0.25, 0.3) is 5.56 Å². The molecule has 2 aromatic rings. The molecule has 0 radical (unpaired) electrons. The van der Waals surface area contributed by atoms with Crippen LogP contribution in [0.1, 0.15) is 5.69 Å². The number of nitrogens with one attached hydrogen (secondary N) is 1. The predicted molar refractivity (Wildman–Crippen MR) is 74.6 cm³/mol. The Bertz CT molecular complexity index is 640. The van der Waals surface area contributed by atoms with Gasteiger partial charge in [-0.1, -0.05) is 11.6 Å². The molecule has 0 saturated heterocycles. The Hall–Kier alpha value is -1.85. The average molecular weight is 280 g/mol. The van der Waals surface area contributed by atoms with E-state index in [2.05, 4.69) is 9.97 Å². The molecule has 5 nitrogen and oxygen atoms in total. The van der Waals surface area contributed by atoms with Crippen LogP contribution in [0.5, 0.6) is 5.75 Å². The van der Waals surface area contributed by atoms with E-state index >= 15 is 0 Å². The first-order chi connectivity index (χ1) is 9.13. The topological polar surface area (TPSA) is 81.0 Å². The Morgan fingerprint density at radius 1 is 1.42 bits per heavy atom. The largest absolute Gasteiger partial charge is 0.496 e. The number of hydrogen-bond donors (Lipinski definition) is 2. The van der Waals surface area contributed by atoms with Crippen LogP contribution in [0.25, 0.3) is 11.4 Å². The molecule has 100 valence electrons. The van der Waals surface area contributed by atoms with Crippen molar-refractivity contribution in [3.8, 4) is 17.1 Å². The molecule has 0 aliphatic rings. The maximum absolute atomic E-state index is 11.6. The minimum atomic E-state index is -0.217. The lowest BCUT2D eigenvalue weighted by Crippen LogP contribution is -2.13. The number of methoxy groups -OCH3 is 1. The first kappa shape index (κ1) is 13.6. The summed E-state index contributed by atoms with van der Waals surface area (Å²) in [5.74, 6) is 1.00. The number of H-pyrrole nitrogens is 1. The van der Waals surface area contributed by atoms with E-state index in [1.807, 2.05) is 0 Å². The maximum atomic E-state index is 11.6. The molecule has 6 heteroatoms. The minimum absolute atomic E-state index is 0.217. The second-order valence-corrected chi connectivity index (χ2v) is 4.41. The summed E-state index contributed by atoms with van der Waals surface area (Å²) in [5, 5.41) is 0.557. The number of ether oxygens (including phenoxy) is 1. The van der Waals surface area contributed by atoms with Crippen LogP contribution in [-0.2, 0) is 6.42 Å². The fourth-order valence-electron chi connectivity index (χ4n) is 1.77. The molecular formula is C13H14ClN3O2. The number of aromatic nitrogens is 2. The molecule has 0 amide bonds. The van der Waals surface area contributed by atoms with Gasteiger partial charge >= 0.3 is 0 Å². The SMILES string of the molecule is COc1cc(Cl)ccc1-c1nc(CCN)cc(=O)[nH]1. The van der Waals surface area contributed by atoms with E-state index < -0.39 is 0 Å². The molecule has 0 bridgehead atoms. The van der Waals surface area contributed by atoms with E-state index in [4.69, 9.17) is 22.1 Å². The number of halogens is 1. The van der Waals surface area contributed by atoms with Crippen molar-refractivity contribution in [1.82, 2.24) is 9.97 Å². The summed E-state index contributed by atoms with van der Waals surface area (Å²) in [4.78, 5) is 18.7. The van der Waals surface area contributed by atoms with Crippen LogP contribution in [0.3, 0.4) is 0 Å². The quantitative estimate of drug-likeness (QED) is 0.891.